The van der Waals surface area contributed by atoms with E-state index in [0.717, 1.165) is 29.2 Å². The molecule has 1 aliphatic heterocycles. The predicted octanol–water partition coefficient (Wildman–Crippen LogP) is 4.07. The van der Waals surface area contributed by atoms with E-state index < -0.39 is 45.7 Å². The van der Waals surface area contributed by atoms with Crippen LogP contribution in [-0.4, -0.2) is 26.8 Å². The van der Waals surface area contributed by atoms with E-state index in [9.17, 15) is 34.3 Å². The number of halogens is 1. The van der Waals surface area contributed by atoms with Crippen LogP contribution < -0.4 is 4.90 Å². The first-order chi connectivity index (χ1) is 15.3. The Morgan fingerprint density at radius 1 is 1.00 bits per heavy atom. The van der Waals surface area contributed by atoms with Crippen LogP contribution in [0.4, 0.5) is 15.8 Å². The summed E-state index contributed by atoms with van der Waals surface area (Å²) in [5, 5.41) is 32.1. The highest BCUT2D eigenvalue weighted by molar-refractivity contribution is 6.51. The van der Waals surface area contributed by atoms with Crippen LogP contribution in [0.2, 0.25) is 0 Å². The molecule has 0 spiro atoms. The number of aromatic hydroxyl groups is 1. The Kier molecular flexibility index (Phi) is 5.15. The number of phenols is 1. The lowest BCUT2D eigenvalue weighted by atomic mass is 9.94. The summed E-state index contributed by atoms with van der Waals surface area (Å²) in [7, 11) is 0. The van der Waals surface area contributed by atoms with Gasteiger partial charge in [0.1, 0.15) is 11.6 Å². The highest BCUT2D eigenvalue weighted by atomic mass is 19.1. The molecule has 2 N–H and O–H groups in total. The third-order valence-electron chi connectivity index (χ3n) is 5.11. The smallest absolute Gasteiger partial charge is 0.311 e. The first-order valence-corrected chi connectivity index (χ1v) is 9.39. The molecule has 0 saturated carbocycles. The van der Waals surface area contributed by atoms with E-state index in [2.05, 4.69) is 0 Å². The second-order valence-electron chi connectivity index (χ2n) is 7.02. The van der Waals surface area contributed by atoms with Gasteiger partial charge in [0.15, 0.2) is 5.75 Å². The van der Waals surface area contributed by atoms with Crippen LogP contribution in [0.1, 0.15) is 17.2 Å². The van der Waals surface area contributed by atoms with Gasteiger partial charge < -0.3 is 10.2 Å². The Balaban J connectivity index is 1.98. The molecule has 160 valence electrons. The minimum Gasteiger partial charge on any atom is -0.507 e. The monoisotopic (exact) mass is 434 g/mol. The molecule has 32 heavy (non-hydrogen) atoms. The standard InChI is InChI=1S/C23H15FN2O6/c24-15-7-9-16(10-8-15)25-20(14-6-11-18(27)17(12-14)26(31)32)19(22(29)23(25)30)21(28)13-4-2-1-3-5-13/h1-12,20,27-28H/b21-19-. The van der Waals surface area contributed by atoms with Crippen LogP contribution in [0.15, 0.2) is 78.4 Å². The summed E-state index contributed by atoms with van der Waals surface area (Å²) < 4.78 is 13.5. The number of carbonyl (C=O) groups is 2. The van der Waals surface area contributed by atoms with Crippen LogP contribution >= 0.6 is 0 Å². The minimum atomic E-state index is -1.25. The number of Topliss-reactive ketones (excluding diaryl/α,β-unsaturated/α-hetero) is 1. The predicted molar refractivity (Wildman–Crippen MR) is 112 cm³/mol. The van der Waals surface area contributed by atoms with Crippen molar-refractivity contribution in [1.29, 1.82) is 0 Å². The lowest BCUT2D eigenvalue weighted by molar-refractivity contribution is -0.385. The van der Waals surface area contributed by atoms with E-state index in [-0.39, 0.29) is 22.4 Å². The molecule has 8 nitrogen and oxygen atoms in total. The van der Waals surface area contributed by atoms with Gasteiger partial charge in [0, 0.05) is 17.3 Å². The molecule has 1 fully saturated rings. The zero-order chi connectivity index (χ0) is 23.0. The lowest BCUT2D eigenvalue weighted by Crippen LogP contribution is -2.29. The molecule has 1 heterocycles. The third-order valence-corrected chi connectivity index (χ3v) is 5.11. The molecule has 0 bridgehead atoms. The molecule has 3 aromatic rings. The number of amides is 1. The van der Waals surface area contributed by atoms with Crippen molar-refractivity contribution in [1.82, 2.24) is 0 Å². The van der Waals surface area contributed by atoms with E-state index in [4.69, 9.17) is 0 Å². The Hall–Kier alpha value is -4.53. The summed E-state index contributed by atoms with van der Waals surface area (Å²) >= 11 is 0. The van der Waals surface area contributed by atoms with Gasteiger partial charge in [0.2, 0.25) is 0 Å². The maximum Gasteiger partial charge on any atom is 0.311 e. The van der Waals surface area contributed by atoms with Crippen LogP contribution in [0.25, 0.3) is 5.76 Å². The van der Waals surface area contributed by atoms with E-state index in [0.29, 0.717) is 0 Å². The molecule has 9 heteroatoms. The first-order valence-electron chi connectivity index (χ1n) is 9.39. The van der Waals surface area contributed by atoms with Gasteiger partial charge in [0.25, 0.3) is 11.7 Å². The summed E-state index contributed by atoms with van der Waals surface area (Å²) in [6, 6.07) is 15.0. The molecular formula is C23H15FN2O6. The van der Waals surface area contributed by atoms with E-state index in [1.54, 1.807) is 18.2 Å². The van der Waals surface area contributed by atoms with Crippen LogP contribution in [0, 0.1) is 15.9 Å². The molecule has 4 rings (SSSR count). The van der Waals surface area contributed by atoms with Crippen molar-refractivity contribution in [2.75, 3.05) is 4.90 Å². The molecule has 0 aromatic heterocycles. The van der Waals surface area contributed by atoms with Crippen LogP contribution in [-0.2, 0) is 9.59 Å². The SMILES string of the molecule is O=C1C(=O)N(c2ccc(F)cc2)C(c2ccc(O)c([N+](=O)[O-])c2)/C1=C(/O)c1ccccc1. The van der Waals surface area contributed by atoms with Gasteiger partial charge in [-0.2, -0.15) is 0 Å². The number of nitro benzene ring substituents is 1. The van der Waals surface area contributed by atoms with Gasteiger partial charge in [-0.1, -0.05) is 36.4 Å². The summed E-state index contributed by atoms with van der Waals surface area (Å²) in [5.41, 5.74) is -0.392. The zero-order valence-corrected chi connectivity index (χ0v) is 16.3. The summed E-state index contributed by atoms with van der Waals surface area (Å²) in [5.74, 6) is -3.62. The Morgan fingerprint density at radius 2 is 1.66 bits per heavy atom. The lowest BCUT2D eigenvalue weighted by Gasteiger charge is -2.25. The number of rotatable bonds is 4. The second kappa shape index (κ2) is 7.95. The second-order valence-corrected chi connectivity index (χ2v) is 7.02. The normalized spacial score (nSPS) is 17.5. The van der Waals surface area contributed by atoms with E-state index >= 15 is 0 Å². The number of carbonyl (C=O) groups excluding carboxylic acids is 2. The fourth-order valence-electron chi connectivity index (χ4n) is 3.62. The van der Waals surface area contributed by atoms with E-state index in [1.807, 2.05) is 0 Å². The van der Waals surface area contributed by atoms with Gasteiger partial charge in [-0.3, -0.25) is 24.6 Å². The highest BCUT2D eigenvalue weighted by Crippen LogP contribution is 2.43. The molecule has 1 atom stereocenters. The molecule has 1 saturated heterocycles. The van der Waals surface area contributed by atoms with Gasteiger partial charge in [-0.05, 0) is 35.9 Å². The quantitative estimate of drug-likeness (QED) is 0.210. The van der Waals surface area contributed by atoms with Crippen molar-refractivity contribution in [3.05, 3.63) is 105 Å². The number of aliphatic hydroxyl groups excluding tert-OH is 1. The number of benzene rings is 3. The van der Waals surface area contributed by atoms with Crippen LogP contribution in [0.3, 0.4) is 0 Å². The van der Waals surface area contributed by atoms with Crippen molar-refractivity contribution in [3.8, 4) is 5.75 Å². The molecule has 0 radical (unpaired) electrons. The number of hydrogen-bond donors (Lipinski definition) is 2. The number of phenolic OH excluding ortho intramolecular Hbond substituents is 1. The van der Waals surface area contributed by atoms with Crippen LogP contribution in [0.5, 0.6) is 5.75 Å². The molecule has 0 aliphatic carbocycles. The Labute approximate surface area is 180 Å². The van der Waals surface area contributed by atoms with Gasteiger partial charge in [-0.25, -0.2) is 4.39 Å². The molecular weight excluding hydrogens is 419 g/mol. The number of hydrogen-bond acceptors (Lipinski definition) is 6. The zero-order valence-electron chi connectivity index (χ0n) is 16.3. The average Bonchev–Trinajstić information content (AvgIpc) is 3.05. The first kappa shape index (κ1) is 20.7. The van der Waals surface area contributed by atoms with Crippen molar-refractivity contribution in [3.63, 3.8) is 0 Å². The fourth-order valence-corrected chi connectivity index (χ4v) is 3.62. The fraction of sp³-hybridized carbons (Fsp3) is 0.0435. The number of nitrogens with zero attached hydrogens (tertiary/aromatic N) is 2. The topological polar surface area (TPSA) is 121 Å². The van der Waals surface area contributed by atoms with Gasteiger partial charge >= 0.3 is 5.69 Å². The van der Waals surface area contributed by atoms with E-state index in [1.165, 1.54) is 30.3 Å². The number of anilines is 1. The van der Waals surface area contributed by atoms with Gasteiger partial charge in [-0.15, -0.1) is 0 Å². The summed E-state index contributed by atoms with van der Waals surface area (Å²) in [6.07, 6.45) is 0. The summed E-state index contributed by atoms with van der Waals surface area (Å²) in [6.45, 7) is 0. The Bertz CT molecular complexity index is 1270. The number of aliphatic hydroxyl groups is 1. The Morgan fingerprint density at radius 3 is 2.28 bits per heavy atom. The van der Waals surface area contributed by atoms with Crippen molar-refractivity contribution in [2.45, 2.75) is 6.04 Å². The minimum absolute atomic E-state index is 0.107. The third kappa shape index (κ3) is 3.45. The average molecular weight is 434 g/mol. The highest BCUT2D eigenvalue weighted by Gasteiger charge is 2.47. The van der Waals surface area contributed by atoms with Crippen molar-refractivity contribution < 1.29 is 29.1 Å². The number of nitro groups is 1. The largest absolute Gasteiger partial charge is 0.507 e. The summed E-state index contributed by atoms with van der Waals surface area (Å²) in [4.78, 5) is 37.5. The molecule has 1 unspecified atom stereocenters. The molecule has 3 aromatic carbocycles. The van der Waals surface area contributed by atoms with Crippen molar-refractivity contribution in [2.24, 2.45) is 0 Å². The maximum atomic E-state index is 13.5. The maximum absolute atomic E-state index is 13.5. The van der Waals surface area contributed by atoms with Gasteiger partial charge in [0.05, 0.1) is 16.5 Å². The van der Waals surface area contributed by atoms with Crippen molar-refractivity contribution >= 4 is 28.8 Å². The molecule has 1 aliphatic rings. The number of ketones is 1. The molecule has 1 amide bonds.